The summed E-state index contributed by atoms with van der Waals surface area (Å²) in [5.41, 5.74) is 0.599. The van der Waals surface area contributed by atoms with Crippen molar-refractivity contribution in [1.29, 1.82) is 0 Å². The monoisotopic (exact) mass is 438 g/mol. The number of nitro benzene ring substituents is 1. The zero-order chi connectivity index (χ0) is 20.0. The van der Waals surface area contributed by atoms with Crippen LogP contribution in [0.4, 0.5) is 21.5 Å². The first kappa shape index (κ1) is 20.5. The van der Waals surface area contributed by atoms with Crippen LogP contribution in [0.15, 0.2) is 46.9 Å². The number of carbonyl (C=O) groups is 2. The topological polar surface area (TPSA) is 105 Å². The molecule has 2 N–H and O–H groups in total. The molecule has 27 heavy (non-hydrogen) atoms. The molecule has 8 nitrogen and oxygen atoms in total. The smallest absolute Gasteiger partial charge is 0.270 e. The molecule has 2 rings (SSSR count). The van der Waals surface area contributed by atoms with Crippen LogP contribution in [0.2, 0.25) is 0 Å². The molecule has 0 atom stereocenters. The molecule has 0 radical (unpaired) electrons. The summed E-state index contributed by atoms with van der Waals surface area (Å²) < 4.78 is 13.5. The Kier molecular flexibility index (Phi) is 6.97. The minimum Gasteiger partial charge on any atom is -0.325 e. The van der Waals surface area contributed by atoms with Crippen molar-refractivity contribution in [3.63, 3.8) is 0 Å². The van der Waals surface area contributed by atoms with Gasteiger partial charge in [-0.05, 0) is 47.2 Å². The molecule has 2 amide bonds. The van der Waals surface area contributed by atoms with E-state index in [2.05, 4.69) is 26.6 Å². The molecule has 0 aliphatic carbocycles. The largest absolute Gasteiger partial charge is 0.325 e. The first-order valence-corrected chi connectivity index (χ1v) is 8.51. The van der Waals surface area contributed by atoms with Crippen LogP contribution >= 0.6 is 15.9 Å². The maximum absolute atomic E-state index is 13.1. The molecule has 142 valence electrons. The van der Waals surface area contributed by atoms with Crippen molar-refractivity contribution in [3.05, 3.63) is 62.9 Å². The van der Waals surface area contributed by atoms with E-state index in [0.29, 0.717) is 15.8 Å². The number of benzene rings is 2. The number of hydrogen-bond donors (Lipinski definition) is 2. The number of non-ortho nitro benzene ring substituents is 1. The van der Waals surface area contributed by atoms with Crippen molar-refractivity contribution >= 4 is 44.8 Å². The van der Waals surface area contributed by atoms with E-state index in [9.17, 15) is 24.1 Å². The molecule has 2 aromatic carbocycles. The van der Waals surface area contributed by atoms with Crippen LogP contribution in [0.3, 0.4) is 0 Å². The van der Waals surface area contributed by atoms with Gasteiger partial charge in [0.15, 0.2) is 0 Å². The van der Waals surface area contributed by atoms with E-state index in [0.717, 1.165) is 0 Å². The average molecular weight is 439 g/mol. The van der Waals surface area contributed by atoms with Gasteiger partial charge in [0.1, 0.15) is 5.82 Å². The highest BCUT2D eigenvalue weighted by Crippen LogP contribution is 2.27. The van der Waals surface area contributed by atoms with E-state index in [1.807, 2.05) is 0 Å². The quantitative estimate of drug-likeness (QED) is 0.510. The van der Waals surface area contributed by atoms with E-state index in [1.165, 1.54) is 41.3 Å². The lowest BCUT2D eigenvalue weighted by Gasteiger charge is -2.16. The molecular weight excluding hydrogens is 423 g/mol. The molecule has 2 aromatic rings. The lowest BCUT2D eigenvalue weighted by Crippen LogP contribution is -2.36. The van der Waals surface area contributed by atoms with Gasteiger partial charge in [0, 0.05) is 22.3 Å². The van der Waals surface area contributed by atoms with Crippen molar-refractivity contribution in [1.82, 2.24) is 4.90 Å². The van der Waals surface area contributed by atoms with E-state index in [4.69, 9.17) is 0 Å². The second-order valence-electron chi connectivity index (χ2n) is 5.70. The molecule has 0 heterocycles. The van der Waals surface area contributed by atoms with Crippen LogP contribution < -0.4 is 10.6 Å². The molecule has 0 spiro atoms. The Morgan fingerprint density at radius 3 is 2.41 bits per heavy atom. The van der Waals surface area contributed by atoms with E-state index in [-0.39, 0.29) is 18.8 Å². The summed E-state index contributed by atoms with van der Waals surface area (Å²) in [5, 5.41) is 15.9. The average Bonchev–Trinajstić information content (AvgIpc) is 2.56. The van der Waals surface area contributed by atoms with Gasteiger partial charge >= 0.3 is 0 Å². The number of likely N-dealkylation sites (N-methyl/N-ethyl adjacent to an activating group) is 1. The van der Waals surface area contributed by atoms with Gasteiger partial charge < -0.3 is 10.6 Å². The lowest BCUT2D eigenvalue weighted by atomic mass is 10.3. The SMILES string of the molecule is CN(CC(=O)Nc1cccc(F)c1)CC(=O)Nc1ccc([N+](=O)[O-])cc1Br. The highest BCUT2D eigenvalue weighted by molar-refractivity contribution is 9.10. The maximum Gasteiger partial charge on any atom is 0.270 e. The first-order valence-electron chi connectivity index (χ1n) is 7.72. The van der Waals surface area contributed by atoms with Gasteiger partial charge in [0.25, 0.3) is 5.69 Å². The number of halogens is 2. The van der Waals surface area contributed by atoms with Crippen LogP contribution in [-0.4, -0.2) is 41.8 Å². The standard InChI is InChI=1S/C17H16BrFN4O4/c1-22(9-16(24)20-12-4-2-3-11(19)7-12)10-17(25)21-15-6-5-13(23(26)27)8-14(15)18/h2-8H,9-10H2,1H3,(H,20,24)(H,21,25). The zero-order valence-electron chi connectivity index (χ0n) is 14.2. The Hall–Kier alpha value is -2.85. The van der Waals surface area contributed by atoms with Gasteiger partial charge in [-0.1, -0.05) is 6.07 Å². The molecule has 10 heteroatoms. The Balaban J connectivity index is 1.86. The molecule has 0 aliphatic rings. The van der Waals surface area contributed by atoms with Gasteiger partial charge in [-0.2, -0.15) is 0 Å². The van der Waals surface area contributed by atoms with Crippen LogP contribution in [0, 0.1) is 15.9 Å². The predicted octanol–water partition coefficient (Wildman–Crippen LogP) is 3.01. The fourth-order valence-electron chi connectivity index (χ4n) is 2.22. The molecule has 0 aromatic heterocycles. The molecule has 0 fully saturated rings. The van der Waals surface area contributed by atoms with Gasteiger partial charge in [-0.15, -0.1) is 0 Å². The zero-order valence-corrected chi connectivity index (χ0v) is 15.8. The second kappa shape index (κ2) is 9.19. The Morgan fingerprint density at radius 2 is 1.81 bits per heavy atom. The number of nitrogens with zero attached hydrogens (tertiary/aromatic N) is 2. The normalized spacial score (nSPS) is 10.5. The molecule has 0 aliphatic heterocycles. The number of rotatable bonds is 7. The molecule has 0 saturated carbocycles. The van der Waals surface area contributed by atoms with E-state index >= 15 is 0 Å². The van der Waals surface area contributed by atoms with Gasteiger partial charge in [-0.25, -0.2) is 4.39 Å². The van der Waals surface area contributed by atoms with Crippen LogP contribution in [-0.2, 0) is 9.59 Å². The van der Waals surface area contributed by atoms with Crippen molar-refractivity contribution in [2.75, 3.05) is 30.8 Å². The third kappa shape index (κ3) is 6.42. The summed E-state index contributed by atoms with van der Waals surface area (Å²) in [4.78, 5) is 35.7. The number of nitrogens with one attached hydrogen (secondary N) is 2. The fraction of sp³-hybridized carbons (Fsp3) is 0.176. The summed E-state index contributed by atoms with van der Waals surface area (Å²) in [6.07, 6.45) is 0. The number of anilines is 2. The van der Waals surface area contributed by atoms with Crippen molar-refractivity contribution < 1.29 is 18.9 Å². The minimum atomic E-state index is -0.540. The highest BCUT2D eigenvalue weighted by Gasteiger charge is 2.14. The second-order valence-corrected chi connectivity index (χ2v) is 6.55. The predicted molar refractivity (Wildman–Crippen MR) is 102 cm³/mol. The third-order valence-electron chi connectivity index (χ3n) is 3.37. The third-order valence-corrected chi connectivity index (χ3v) is 4.03. The summed E-state index contributed by atoms with van der Waals surface area (Å²) >= 11 is 3.17. The summed E-state index contributed by atoms with van der Waals surface area (Å²) in [6.45, 7) is -0.161. The maximum atomic E-state index is 13.1. The van der Waals surface area contributed by atoms with E-state index < -0.39 is 22.6 Å². The first-order chi connectivity index (χ1) is 12.7. The molecule has 0 unspecified atom stereocenters. The molecule has 0 saturated heterocycles. The van der Waals surface area contributed by atoms with Crippen molar-refractivity contribution in [2.45, 2.75) is 0 Å². The summed E-state index contributed by atoms with van der Waals surface area (Å²) in [5.74, 6) is -1.26. The number of amides is 2. The van der Waals surface area contributed by atoms with E-state index in [1.54, 1.807) is 13.1 Å². The molecular formula is C17H16BrFN4O4. The number of hydrogen-bond acceptors (Lipinski definition) is 5. The van der Waals surface area contributed by atoms with Gasteiger partial charge in [-0.3, -0.25) is 24.6 Å². The van der Waals surface area contributed by atoms with Crippen molar-refractivity contribution in [2.24, 2.45) is 0 Å². The minimum absolute atomic E-state index is 0.0780. The molecule has 0 bridgehead atoms. The van der Waals surface area contributed by atoms with Gasteiger partial charge in [0.05, 0.1) is 23.7 Å². The van der Waals surface area contributed by atoms with Crippen LogP contribution in [0.5, 0.6) is 0 Å². The highest BCUT2D eigenvalue weighted by atomic mass is 79.9. The number of carbonyl (C=O) groups excluding carboxylic acids is 2. The van der Waals surface area contributed by atoms with Crippen LogP contribution in [0.1, 0.15) is 0 Å². The Morgan fingerprint density at radius 1 is 1.15 bits per heavy atom. The lowest BCUT2D eigenvalue weighted by molar-refractivity contribution is -0.384. The van der Waals surface area contributed by atoms with Gasteiger partial charge in [0.2, 0.25) is 11.8 Å². The summed E-state index contributed by atoms with van der Waals surface area (Å²) in [7, 11) is 1.58. The van der Waals surface area contributed by atoms with Crippen molar-refractivity contribution in [3.8, 4) is 0 Å². The Bertz CT molecular complexity index is 878. The summed E-state index contributed by atoms with van der Waals surface area (Å²) in [6, 6.07) is 9.46. The Labute approximate surface area is 162 Å². The van der Waals surface area contributed by atoms with Crippen LogP contribution in [0.25, 0.3) is 0 Å². The fourth-order valence-corrected chi connectivity index (χ4v) is 2.69. The number of nitro groups is 1.